The van der Waals surface area contributed by atoms with E-state index in [0.29, 0.717) is 34.6 Å². The monoisotopic (exact) mass is 389 g/mol. The molecule has 5 nitrogen and oxygen atoms in total. The fourth-order valence-corrected chi connectivity index (χ4v) is 2.57. The maximum absolute atomic E-state index is 12.4. The van der Waals surface area contributed by atoms with E-state index in [-0.39, 0.29) is 5.75 Å². The van der Waals surface area contributed by atoms with Crippen LogP contribution in [0.2, 0.25) is 0 Å². The molecule has 0 aliphatic heterocycles. The van der Waals surface area contributed by atoms with E-state index in [1.54, 1.807) is 43.5 Å². The highest BCUT2D eigenvalue weighted by atomic mass is 79.9. The number of esters is 1. The number of benzene rings is 2. The summed E-state index contributed by atoms with van der Waals surface area (Å²) in [5, 5.41) is 9.03. The van der Waals surface area contributed by atoms with E-state index in [1.165, 1.54) is 0 Å². The van der Waals surface area contributed by atoms with Crippen LogP contribution >= 0.6 is 15.9 Å². The molecule has 0 saturated heterocycles. The second-order valence-corrected chi connectivity index (χ2v) is 5.70. The Morgan fingerprint density at radius 2 is 1.96 bits per heavy atom. The molecule has 0 saturated carbocycles. The maximum atomic E-state index is 12.4. The standard InChI is InChI=1S/C18H16BrNO4/c1-3-23-16-9-13(10-20)8-15(19)17(16)24-18(21)14-6-4-12(5-7-14)11-22-2/h4-9H,3,11H2,1-2H3. The lowest BCUT2D eigenvalue weighted by Gasteiger charge is -2.13. The average molecular weight is 390 g/mol. The van der Waals surface area contributed by atoms with Gasteiger partial charge in [0.2, 0.25) is 0 Å². The molecule has 2 aromatic carbocycles. The minimum absolute atomic E-state index is 0.252. The topological polar surface area (TPSA) is 68.5 Å². The Labute approximate surface area is 148 Å². The molecule has 0 heterocycles. The zero-order chi connectivity index (χ0) is 17.5. The van der Waals surface area contributed by atoms with E-state index in [4.69, 9.17) is 19.5 Å². The van der Waals surface area contributed by atoms with Gasteiger partial charge in [0.25, 0.3) is 0 Å². The Morgan fingerprint density at radius 1 is 1.25 bits per heavy atom. The van der Waals surface area contributed by atoms with Crippen LogP contribution in [0.4, 0.5) is 0 Å². The molecule has 0 unspecified atom stereocenters. The van der Waals surface area contributed by atoms with Crippen LogP contribution in [0.5, 0.6) is 11.5 Å². The summed E-state index contributed by atoms with van der Waals surface area (Å²) >= 11 is 3.32. The summed E-state index contributed by atoms with van der Waals surface area (Å²) < 4.78 is 16.5. The Bertz CT molecular complexity index is 766. The summed E-state index contributed by atoms with van der Waals surface area (Å²) in [5.74, 6) is 0.0833. The first-order valence-electron chi connectivity index (χ1n) is 7.25. The first-order chi connectivity index (χ1) is 11.6. The van der Waals surface area contributed by atoms with Crippen molar-refractivity contribution in [2.75, 3.05) is 13.7 Å². The van der Waals surface area contributed by atoms with Crippen LogP contribution in [0.25, 0.3) is 0 Å². The van der Waals surface area contributed by atoms with E-state index < -0.39 is 5.97 Å². The van der Waals surface area contributed by atoms with Crippen LogP contribution in [0.1, 0.15) is 28.4 Å². The normalized spacial score (nSPS) is 10.1. The van der Waals surface area contributed by atoms with Crippen LogP contribution in [0.15, 0.2) is 40.9 Å². The number of halogens is 1. The molecule has 0 fully saturated rings. The Kier molecular flexibility index (Phi) is 6.36. The molecule has 0 aromatic heterocycles. The molecule has 124 valence electrons. The number of methoxy groups -OCH3 is 1. The SMILES string of the molecule is CCOc1cc(C#N)cc(Br)c1OC(=O)c1ccc(COC)cc1. The minimum Gasteiger partial charge on any atom is -0.490 e. The van der Waals surface area contributed by atoms with E-state index in [2.05, 4.69) is 15.9 Å². The maximum Gasteiger partial charge on any atom is 0.343 e. The molecule has 0 aliphatic carbocycles. The van der Waals surface area contributed by atoms with Gasteiger partial charge in [0.1, 0.15) is 0 Å². The lowest BCUT2D eigenvalue weighted by molar-refractivity contribution is 0.0727. The van der Waals surface area contributed by atoms with Gasteiger partial charge >= 0.3 is 5.97 Å². The predicted molar refractivity (Wildman–Crippen MR) is 92.1 cm³/mol. The number of carbonyl (C=O) groups excluding carboxylic acids is 1. The van der Waals surface area contributed by atoms with Gasteiger partial charge in [-0.15, -0.1) is 0 Å². The fourth-order valence-electron chi connectivity index (χ4n) is 2.05. The van der Waals surface area contributed by atoms with Gasteiger partial charge in [0.15, 0.2) is 11.5 Å². The molecule has 0 radical (unpaired) electrons. The third-order valence-corrected chi connectivity index (χ3v) is 3.72. The minimum atomic E-state index is -0.509. The number of carbonyl (C=O) groups is 1. The molecule has 24 heavy (non-hydrogen) atoms. The fraction of sp³-hybridized carbons (Fsp3) is 0.222. The first kappa shape index (κ1) is 18.0. The average Bonchev–Trinajstić information content (AvgIpc) is 2.58. The summed E-state index contributed by atoms with van der Waals surface area (Å²) in [6.07, 6.45) is 0. The highest BCUT2D eigenvalue weighted by Crippen LogP contribution is 2.37. The van der Waals surface area contributed by atoms with Gasteiger partial charge in [-0.05, 0) is 46.6 Å². The van der Waals surface area contributed by atoms with Crippen molar-refractivity contribution in [2.24, 2.45) is 0 Å². The lowest BCUT2D eigenvalue weighted by atomic mass is 10.1. The van der Waals surface area contributed by atoms with Crippen molar-refractivity contribution in [3.63, 3.8) is 0 Å². The van der Waals surface area contributed by atoms with E-state index in [0.717, 1.165) is 5.56 Å². The van der Waals surface area contributed by atoms with Crippen LogP contribution in [0.3, 0.4) is 0 Å². The summed E-state index contributed by atoms with van der Waals surface area (Å²) in [6, 6.07) is 12.1. The summed E-state index contributed by atoms with van der Waals surface area (Å²) in [5.41, 5.74) is 1.78. The molecule has 2 aromatic rings. The van der Waals surface area contributed by atoms with Gasteiger partial charge in [-0.3, -0.25) is 0 Å². The third kappa shape index (κ3) is 4.34. The second-order valence-electron chi connectivity index (χ2n) is 4.85. The zero-order valence-corrected chi connectivity index (χ0v) is 14.9. The van der Waals surface area contributed by atoms with Crippen LogP contribution in [-0.4, -0.2) is 19.7 Å². The highest BCUT2D eigenvalue weighted by Gasteiger charge is 2.17. The molecule has 0 atom stereocenters. The number of ether oxygens (including phenoxy) is 3. The van der Waals surface area contributed by atoms with E-state index in [9.17, 15) is 4.79 Å². The molecule has 0 aliphatic rings. The van der Waals surface area contributed by atoms with Gasteiger partial charge in [-0.25, -0.2) is 4.79 Å². The van der Waals surface area contributed by atoms with Crippen molar-refractivity contribution in [3.05, 3.63) is 57.6 Å². The molecule has 0 amide bonds. The molecular weight excluding hydrogens is 374 g/mol. The van der Waals surface area contributed by atoms with Crippen molar-refractivity contribution < 1.29 is 19.0 Å². The van der Waals surface area contributed by atoms with Crippen LogP contribution in [-0.2, 0) is 11.3 Å². The van der Waals surface area contributed by atoms with E-state index in [1.807, 2.05) is 13.0 Å². The van der Waals surface area contributed by atoms with Crippen molar-refractivity contribution >= 4 is 21.9 Å². The smallest absolute Gasteiger partial charge is 0.343 e. The second kappa shape index (κ2) is 8.48. The number of hydrogen-bond donors (Lipinski definition) is 0. The molecule has 0 spiro atoms. The summed E-state index contributed by atoms with van der Waals surface area (Å²) in [7, 11) is 1.61. The van der Waals surface area contributed by atoms with Crippen molar-refractivity contribution in [1.29, 1.82) is 5.26 Å². The number of nitrogens with zero attached hydrogens (tertiary/aromatic N) is 1. The number of hydrogen-bond acceptors (Lipinski definition) is 5. The Morgan fingerprint density at radius 3 is 2.54 bits per heavy atom. The van der Waals surface area contributed by atoms with E-state index >= 15 is 0 Å². The molecule has 0 N–H and O–H groups in total. The number of rotatable bonds is 6. The molecule has 6 heteroatoms. The largest absolute Gasteiger partial charge is 0.490 e. The predicted octanol–water partition coefficient (Wildman–Crippen LogP) is 4.09. The summed E-state index contributed by atoms with van der Waals surface area (Å²) in [4.78, 5) is 12.4. The van der Waals surface area contributed by atoms with Gasteiger partial charge in [-0.1, -0.05) is 12.1 Å². The van der Waals surface area contributed by atoms with Crippen LogP contribution in [0, 0.1) is 11.3 Å². The lowest BCUT2D eigenvalue weighted by Crippen LogP contribution is -2.10. The quantitative estimate of drug-likeness (QED) is 0.549. The van der Waals surface area contributed by atoms with Gasteiger partial charge in [0, 0.05) is 13.2 Å². The molecular formula is C18H16BrNO4. The number of nitriles is 1. The first-order valence-corrected chi connectivity index (χ1v) is 8.04. The molecule has 2 rings (SSSR count). The highest BCUT2D eigenvalue weighted by molar-refractivity contribution is 9.10. The van der Waals surface area contributed by atoms with Gasteiger partial charge < -0.3 is 14.2 Å². The van der Waals surface area contributed by atoms with Gasteiger partial charge in [0.05, 0.1) is 34.9 Å². The third-order valence-electron chi connectivity index (χ3n) is 3.13. The van der Waals surface area contributed by atoms with Crippen LogP contribution < -0.4 is 9.47 Å². The van der Waals surface area contributed by atoms with Crippen molar-refractivity contribution in [1.82, 2.24) is 0 Å². The summed E-state index contributed by atoms with van der Waals surface area (Å²) in [6.45, 7) is 2.68. The van der Waals surface area contributed by atoms with Crippen molar-refractivity contribution in [3.8, 4) is 17.6 Å². The molecule has 0 bridgehead atoms. The Hall–Kier alpha value is -2.36. The Balaban J connectivity index is 2.26. The zero-order valence-electron chi connectivity index (χ0n) is 13.3. The van der Waals surface area contributed by atoms with Crippen molar-refractivity contribution in [2.45, 2.75) is 13.5 Å². The van der Waals surface area contributed by atoms with Gasteiger partial charge in [-0.2, -0.15) is 5.26 Å².